The van der Waals surface area contributed by atoms with Gasteiger partial charge in [0.2, 0.25) is 0 Å². The summed E-state index contributed by atoms with van der Waals surface area (Å²) >= 11 is 0. The van der Waals surface area contributed by atoms with Crippen LogP contribution >= 0.6 is 0 Å². The fourth-order valence-corrected chi connectivity index (χ4v) is 1.53. The van der Waals surface area contributed by atoms with Gasteiger partial charge in [-0.3, -0.25) is 4.68 Å². The van der Waals surface area contributed by atoms with Gasteiger partial charge in [-0.05, 0) is 32.4 Å². The molecule has 1 atom stereocenters. The third kappa shape index (κ3) is 4.33. The van der Waals surface area contributed by atoms with Crippen molar-refractivity contribution in [1.29, 1.82) is 0 Å². The van der Waals surface area contributed by atoms with Gasteiger partial charge < -0.3 is 10.1 Å². The summed E-state index contributed by atoms with van der Waals surface area (Å²) in [5.74, 6) is 0. The maximum atomic E-state index is 5.07. The lowest BCUT2D eigenvalue weighted by Crippen LogP contribution is -2.15. The van der Waals surface area contributed by atoms with Crippen molar-refractivity contribution in [2.75, 3.05) is 20.3 Å². The van der Waals surface area contributed by atoms with E-state index in [9.17, 15) is 0 Å². The molecule has 1 aromatic heterocycles. The first-order valence-electron chi connectivity index (χ1n) is 6.01. The van der Waals surface area contributed by atoms with Gasteiger partial charge >= 0.3 is 0 Å². The molecule has 0 spiro atoms. The Kier molecular flexibility index (Phi) is 6.11. The van der Waals surface area contributed by atoms with Crippen molar-refractivity contribution in [3.63, 3.8) is 0 Å². The maximum absolute atomic E-state index is 5.07. The van der Waals surface area contributed by atoms with E-state index in [0.717, 1.165) is 38.2 Å². The van der Waals surface area contributed by atoms with Crippen LogP contribution in [0, 0.1) is 0 Å². The van der Waals surface area contributed by atoms with Crippen molar-refractivity contribution in [1.82, 2.24) is 15.1 Å². The van der Waals surface area contributed by atoms with E-state index in [1.54, 1.807) is 7.11 Å². The van der Waals surface area contributed by atoms with Gasteiger partial charge in [-0.1, -0.05) is 6.92 Å². The molecular weight excluding hydrogens is 202 g/mol. The Morgan fingerprint density at radius 3 is 3.06 bits per heavy atom. The highest BCUT2D eigenvalue weighted by Gasteiger charge is 2.06. The molecule has 1 aromatic rings. The molecule has 1 heterocycles. The van der Waals surface area contributed by atoms with E-state index < -0.39 is 0 Å². The molecule has 0 aliphatic carbocycles. The second-order valence-electron chi connectivity index (χ2n) is 4.09. The number of methoxy groups -OCH3 is 1. The van der Waals surface area contributed by atoms with Gasteiger partial charge in [-0.15, -0.1) is 0 Å². The van der Waals surface area contributed by atoms with Gasteiger partial charge in [0.1, 0.15) is 0 Å². The Bertz CT molecular complexity index is 286. The first-order chi connectivity index (χ1) is 7.77. The zero-order valence-electron chi connectivity index (χ0n) is 10.6. The third-order valence-electron chi connectivity index (χ3n) is 2.59. The highest BCUT2D eigenvalue weighted by atomic mass is 16.5. The molecule has 0 radical (unpaired) electrons. The molecule has 1 rings (SSSR count). The summed E-state index contributed by atoms with van der Waals surface area (Å²) in [7, 11) is 1.73. The zero-order chi connectivity index (χ0) is 11.8. The molecular formula is C12H23N3O. The lowest BCUT2D eigenvalue weighted by Gasteiger charge is -2.11. The molecule has 16 heavy (non-hydrogen) atoms. The standard InChI is InChI=1S/C12H23N3O/c1-4-7-13-10-12-5-8-15(14-12)11(2)6-9-16-3/h5,8,11,13H,4,6-7,9-10H2,1-3H3. The van der Waals surface area contributed by atoms with Gasteiger partial charge in [-0.2, -0.15) is 5.10 Å². The molecule has 0 fully saturated rings. The molecule has 0 saturated carbocycles. The summed E-state index contributed by atoms with van der Waals surface area (Å²) in [6.07, 6.45) is 4.20. The fraction of sp³-hybridized carbons (Fsp3) is 0.750. The molecule has 4 heteroatoms. The minimum Gasteiger partial charge on any atom is -0.385 e. The summed E-state index contributed by atoms with van der Waals surface area (Å²) in [5.41, 5.74) is 1.11. The Morgan fingerprint density at radius 1 is 1.56 bits per heavy atom. The molecule has 0 aliphatic rings. The summed E-state index contributed by atoms with van der Waals surface area (Å²) in [4.78, 5) is 0. The summed E-state index contributed by atoms with van der Waals surface area (Å²) in [6.45, 7) is 7.02. The van der Waals surface area contributed by atoms with E-state index in [0.29, 0.717) is 6.04 Å². The first kappa shape index (κ1) is 13.2. The van der Waals surface area contributed by atoms with Crippen LogP contribution in [0.15, 0.2) is 12.3 Å². The van der Waals surface area contributed by atoms with Crippen LogP contribution in [0.2, 0.25) is 0 Å². The predicted molar refractivity (Wildman–Crippen MR) is 65.4 cm³/mol. The van der Waals surface area contributed by atoms with Crippen molar-refractivity contribution in [3.8, 4) is 0 Å². The van der Waals surface area contributed by atoms with Crippen LogP contribution in [-0.4, -0.2) is 30.0 Å². The van der Waals surface area contributed by atoms with Gasteiger partial charge in [0.05, 0.1) is 11.7 Å². The van der Waals surface area contributed by atoms with Crippen LogP contribution in [0.25, 0.3) is 0 Å². The normalized spacial score (nSPS) is 12.9. The number of rotatable bonds is 8. The topological polar surface area (TPSA) is 39.1 Å². The second-order valence-corrected chi connectivity index (χ2v) is 4.09. The second kappa shape index (κ2) is 7.41. The Morgan fingerprint density at radius 2 is 2.38 bits per heavy atom. The molecule has 1 N–H and O–H groups in total. The molecule has 0 aromatic carbocycles. The SMILES string of the molecule is CCCNCc1ccn(C(C)CCOC)n1. The van der Waals surface area contributed by atoms with Crippen LogP contribution in [0.3, 0.4) is 0 Å². The smallest absolute Gasteiger partial charge is 0.0762 e. The van der Waals surface area contributed by atoms with Crippen molar-refractivity contribution >= 4 is 0 Å². The van der Waals surface area contributed by atoms with Gasteiger partial charge in [0.25, 0.3) is 0 Å². The molecule has 4 nitrogen and oxygen atoms in total. The van der Waals surface area contributed by atoms with E-state index in [2.05, 4.69) is 30.3 Å². The lowest BCUT2D eigenvalue weighted by molar-refractivity contribution is 0.178. The highest BCUT2D eigenvalue weighted by Crippen LogP contribution is 2.09. The Balaban J connectivity index is 2.37. The number of ether oxygens (including phenoxy) is 1. The molecule has 0 bridgehead atoms. The third-order valence-corrected chi connectivity index (χ3v) is 2.59. The van der Waals surface area contributed by atoms with E-state index >= 15 is 0 Å². The molecule has 0 amide bonds. The maximum Gasteiger partial charge on any atom is 0.0762 e. The monoisotopic (exact) mass is 225 g/mol. The highest BCUT2D eigenvalue weighted by molar-refractivity contribution is 4.99. The Labute approximate surface area is 98.0 Å². The van der Waals surface area contributed by atoms with Gasteiger partial charge in [0, 0.05) is 26.5 Å². The molecule has 0 saturated heterocycles. The number of hydrogen-bond donors (Lipinski definition) is 1. The molecule has 0 aliphatic heterocycles. The summed E-state index contributed by atoms with van der Waals surface area (Å²) < 4.78 is 7.08. The van der Waals surface area contributed by atoms with Crippen molar-refractivity contribution in [2.45, 2.75) is 39.3 Å². The van der Waals surface area contributed by atoms with E-state index in [1.165, 1.54) is 0 Å². The minimum atomic E-state index is 0.403. The fourth-order valence-electron chi connectivity index (χ4n) is 1.53. The average Bonchev–Trinajstić information content (AvgIpc) is 2.75. The van der Waals surface area contributed by atoms with Crippen molar-refractivity contribution in [2.24, 2.45) is 0 Å². The predicted octanol–water partition coefficient (Wildman–Crippen LogP) is 1.98. The van der Waals surface area contributed by atoms with E-state index in [1.807, 2.05) is 10.9 Å². The zero-order valence-corrected chi connectivity index (χ0v) is 10.6. The lowest BCUT2D eigenvalue weighted by atomic mass is 10.2. The quantitative estimate of drug-likeness (QED) is 0.688. The first-order valence-corrected chi connectivity index (χ1v) is 6.01. The Hall–Kier alpha value is -0.870. The molecule has 92 valence electrons. The number of aromatic nitrogens is 2. The van der Waals surface area contributed by atoms with Gasteiger partial charge in [0.15, 0.2) is 0 Å². The number of nitrogens with one attached hydrogen (secondary N) is 1. The largest absolute Gasteiger partial charge is 0.385 e. The van der Waals surface area contributed by atoms with Crippen LogP contribution in [0.5, 0.6) is 0 Å². The van der Waals surface area contributed by atoms with Crippen LogP contribution in [-0.2, 0) is 11.3 Å². The van der Waals surface area contributed by atoms with E-state index in [-0.39, 0.29) is 0 Å². The molecule has 1 unspecified atom stereocenters. The number of hydrogen-bond acceptors (Lipinski definition) is 3. The van der Waals surface area contributed by atoms with Crippen LogP contribution in [0.4, 0.5) is 0 Å². The van der Waals surface area contributed by atoms with Crippen LogP contribution < -0.4 is 5.32 Å². The number of nitrogens with zero attached hydrogens (tertiary/aromatic N) is 2. The average molecular weight is 225 g/mol. The van der Waals surface area contributed by atoms with Crippen molar-refractivity contribution < 1.29 is 4.74 Å². The minimum absolute atomic E-state index is 0.403. The summed E-state index contributed by atoms with van der Waals surface area (Å²) in [6, 6.07) is 2.48. The van der Waals surface area contributed by atoms with Crippen LogP contribution in [0.1, 0.15) is 38.4 Å². The van der Waals surface area contributed by atoms with Crippen molar-refractivity contribution in [3.05, 3.63) is 18.0 Å². The summed E-state index contributed by atoms with van der Waals surface area (Å²) in [5, 5.41) is 7.88. The van der Waals surface area contributed by atoms with E-state index in [4.69, 9.17) is 4.74 Å². The van der Waals surface area contributed by atoms with Gasteiger partial charge in [-0.25, -0.2) is 0 Å².